The quantitative estimate of drug-likeness (QED) is 0.193. The standard InChI is InChI=1S/C41H26N2S2/c1-2-6-27(7-3-1)28-10-15-31(16-11-28)43(33-19-21-40-36(25-33)34-8-4-5-9-38(34)44-40)32-17-12-29(13-18-32)30-14-20-39-35(24-30)37-26-42-23-22-41(37)45-39/h1-26H. The van der Waals surface area contributed by atoms with Crippen LogP contribution in [0.3, 0.4) is 0 Å². The van der Waals surface area contributed by atoms with E-state index in [2.05, 4.69) is 155 Å². The van der Waals surface area contributed by atoms with Crippen LogP contribution in [0.2, 0.25) is 0 Å². The van der Waals surface area contributed by atoms with E-state index in [1.807, 2.05) is 35.1 Å². The van der Waals surface area contributed by atoms with Crippen molar-refractivity contribution in [2.45, 2.75) is 0 Å². The van der Waals surface area contributed by atoms with Crippen molar-refractivity contribution >= 4 is 80.1 Å². The summed E-state index contributed by atoms with van der Waals surface area (Å²) in [6.45, 7) is 0. The van der Waals surface area contributed by atoms with Gasteiger partial charge in [-0.1, -0.05) is 78.9 Å². The molecule has 0 saturated heterocycles. The van der Waals surface area contributed by atoms with Crippen LogP contribution in [-0.4, -0.2) is 4.98 Å². The van der Waals surface area contributed by atoms with Gasteiger partial charge >= 0.3 is 0 Å². The zero-order chi connectivity index (χ0) is 29.7. The van der Waals surface area contributed by atoms with E-state index in [1.54, 1.807) is 0 Å². The molecule has 0 saturated carbocycles. The van der Waals surface area contributed by atoms with Crippen molar-refractivity contribution in [1.29, 1.82) is 0 Å². The van der Waals surface area contributed by atoms with E-state index in [0.29, 0.717) is 0 Å². The van der Waals surface area contributed by atoms with Crippen LogP contribution >= 0.6 is 22.7 Å². The highest BCUT2D eigenvalue weighted by molar-refractivity contribution is 7.26. The summed E-state index contributed by atoms with van der Waals surface area (Å²) in [5.74, 6) is 0. The Labute approximate surface area is 269 Å². The van der Waals surface area contributed by atoms with Crippen LogP contribution in [0.1, 0.15) is 0 Å². The highest BCUT2D eigenvalue weighted by Crippen LogP contribution is 2.42. The Morgan fingerprint density at radius 3 is 1.67 bits per heavy atom. The number of rotatable bonds is 5. The van der Waals surface area contributed by atoms with Crippen molar-refractivity contribution in [2.24, 2.45) is 0 Å². The summed E-state index contributed by atoms with van der Waals surface area (Å²) in [7, 11) is 0. The van der Waals surface area contributed by atoms with Gasteiger partial charge < -0.3 is 4.90 Å². The van der Waals surface area contributed by atoms with Crippen LogP contribution in [0.5, 0.6) is 0 Å². The largest absolute Gasteiger partial charge is 0.310 e. The summed E-state index contributed by atoms with van der Waals surface area (Å²) in [5, 5.41) is 5.08. The molecular formula is C41H26N2S2. The molecule has 0 N–H and O–H groups in total. The normalized spacial score (nSPS) is 11.6. The summed E-state index contributed by atoms with van der Waals surface area (Å²) >= 11 is 3.68. The molecule has 0 bridgehead atoms. The van der Waals surface area contributed by atoms with Gasteiger partial charge in [0.1, 0.15) is 0 Å². The zero-order valence-electron chi connectivity index (χ0n) is 24.2. The first-order valence-electron chi connectivity index (χ1n) is 15.0. The van der Waals surface area contributed by atoms with Gasteiger partial charge in [0.25, 0.3) is 0 Å². The van der Waals surface area contributed by atoms with Crippen LogP contribution in [0, 0.1) is 0 Å². The Morgan fingerprint density at radius 2 is 0.911 bits per heavy atom. The molecule has 9 rings (SSSR count). The Balaban J connectivity index is 1.15. The van der Waals surface area contributed by atoms with Gasteiger partial charge in [0.2, 0.25) is 0 Å². The van der Waals surface area contributed by atoms with E-state index in [4.69, 9.17) is 0 Å². The topological polar surface area (TPSA) is 16.1 Å². The number of nitrogens with zero attached hydrogens (tertiary/aromatic N) is 2. The fourth-order valence-electron chi connectivity index (χ4n) is 6.34. The average molecular weight is 611 g/mol. The van der Waals surface area contributed by atoms with Crippen molar-refractivity contribution in [3.8, 4) is 22.3 Å². The highest BCUT2D eigenvalue weighted by Gasteiger charge is 2.16. The molecule has 9 aromatic rings. The maximum Gasteiger partial charge on any atom is 0.0468 e. The molecule has 0 fully saturated rings. The Kier molecular flexibility index (Phi) is 6.22. The van der Waals surface area contributed by atoms with Crippen molar-refractivity contribution in [2.75, 3.05) is 4.90 Å². The third-order valence-electron chi connectivity index (χ3n) is 8.58. The van der Waals surface area contributed by atoms with E-state index in [9.17, 15) is 0 Å². The molecule has 0 aliphatic heterocycles. The molecule has 3 aromatic heterocycles. The second-order valence-corrected chi connectivity index (χ2v) is 13.4. The summed E-state index contributed by atoms with van der Waals surface area (Å²) in [6, 6.07) is 52.9. The number of aromatic nitrogens is 1. The molecule has 0 aliphatic rings. The zero-order valence-corrected chi connectivity index (χ0v) is 25.9. The number of benzene rings is 6. The predicted molar refractivity (Wildman–Crippen MR) is 196 cm³/mol. The maximum atomic E-state index is 4.38. The third-order valence-corrected chi connectivity index (χ3v) is 10.9. The van der Waals surface area contributed by atoms with Gasteiger partial charge in [0.15, 0.2) is 0 Å². The molecule has 0 radical (unpaired) electrons. The SMILES string of the molecule is c1ccc(-c2ccc(N(c3ccc(-c4ccc5sc6ccncc6c5c4)cc3)c3ccc4sc5ccccc5c4c3)cc2)cc1. The number of hydrogen-bond donors (Lipinski definition) is 0. The van der Waals surface area contributed by atoms with E-state index >= 15 is 0 Å². The molecular weight excluding hydrogens is 585 g/mol. The summed E-state index contributed by atoms with van der Waals surface area (Å²) in [5.41, 5.74) is 8.23. The molecule has 0 unspecified atom stereocenters. The lowest BCUT2D eigenvalue weighted by atomic mass is 10.0. The van der Waals surface area contributed by atoms with Crippen LogP contribution < -0.4 is 4.90 Å². The molecule has 0 amide bonds. The molecule has 45 heavy (non-hydrogen) atoms. The van der Waals surface area contributed by atoms with E-state index in [-0.39, 0.29) is 0 Å². The Bertz CT molecular complexity index is 2470. The minimum absolute atomic E-state index is 1.12. The molecule has 3 heterocycles. The minimum atomic E-state index is 1.12. The molecule has 2 nitrogen and oxygen atoms in total. The van der Waals surface area contributed by atoms with Gasteiger partial charge in [-0.3, -0.25) is 4.98 Å². The molecule has 0 spiro atoms. The van der Waals surface area contributed by atoms with Crippen LogP contribution in [0.15, 0.2) is 158 Å². The van der Waals surface area contributed by atoms with Gasteiger partial charge in [-0.15, -0.1) is 22.7 Å². The van der Waals surface area contributed by atoms with Gasteiger partial charge in [0.05, 0.1) is 0 Å². The van der Waals surface area contributed by atoms with Crippen molar-refractivity contribution in [1.82, 2.24) is 4.98 Å². The van der Waals surface area contributed by atoms with E-state index in [0.717, 1.165) is 17.1 Å². The summed E-state index contributed by atoms with van der Waals surface area (Å²) in [4.78, 5) is 6.75. The van der Waals surface area contributed by atoms with Gasteiger partial charge in [-0.25, -0.2) is 0 Å². The monoisotopic (exact) mass is 610 g/mol. The first kappa shape index (κ1) is 26.1. The highest BCUT2D eigenvalue weighted by atomic mass is 32.1. The number of anilines is 3. The number of hydrogen-bond acceptors (Lipinski definition) is 4. The molecule has 212 valence electrons. The molecule has 0 atom stereocenters. The lowest BCUT2D eigenvalue weighted by molar-refractivity contribution is 1.29. The second kappa shape index (κ2) is 10.7. The number of pyridine rings is 1. The fourth-order valence-corrected chi connectivity index (χ4v) is 8.48. The van der Waals surface area contributed by atoms with E-state index < -0.39 is 0 Å². The second-order valence-electron chi connectivity index (χ2n) is 11.3. The van der Waals surface area contributed by atoms with Gasteiger partial charge in [0, 0.05) is 69.8 Å². The van der Waals surface area contributed by atoms with Gasteiger partial charge in [-0.2, -0.15) is 0 Å². The van der Waals surface area contributed by atoms with Crippen molar-refractivity contribution in [3.05, 3.63) is 158 Å². The van der Waals surface area contributed by atoms with Crippen LogP contribution in [0.4, 0.5) is 17.1 Å². The smallest absolute Gasteiger partial charge is 0.0468 e. The van der Waals surface area contributed by atoms with Gasteiger partial charge in [-0.05, 0) is 89.0 Å². The first-order valence-corrected chi connectivity index (χ1v) is 16.7. The van der Waals surface area contributed by atoms with Crippen molar-refractivity contribution < 1.29 is 0 Å². The summed E-state index contributed by atoms with van der Waals surface area (Å²) < 4.78 is 5.19. The average Bonchev–Trinajstić information content (AvgIpc) is 3.67. The van der Waals surface area contributed by atoms with Crippen LogP contribution in [-0.2, 0) is 0 Å². The molecule has 6 aromatic carbocycles. The van der Waals surface area contributed by atoms with E-state index in [1.165, 1.54) is 62.6 Å². The number of fused-ring (bicyclic) bond motifs is 6. The molecule has 4 heteroatoms. The maximum absolute atomic E-state index is 4.38. The Morgan fingerprint density at radius 1 is 0.378 bits per heavy atom. The molecule has 0 aliphatic carbocycles. The van der Waals surface area contributed by atoms with Crippen molar-refractivity contribution in [3.63, 3.8) is 0 Å². The lowest BCUT2D eigenvalue weighted by Crippen LogP contribution is -2.09. The predicted octanol–water partition coefficient (Wildman–Crippen LogP) is 12.6. The fraction of sp³-hybridized carbons (Fsp3) is 0. The lowest BCUT2D eigenvalue weighted by Gasteiger charge is -2.26. The first-order chi connectivity index (χ1) is 22.3. The Hall–Kier alpha value is -5.29. The van der Waals surface area contributed by atoms with Crippen LogP contribution in [0.25, 0.3) is 62.6 Å². The summed E-state index contributed by atoms with van der Waals surface area (Å²) in [6.07, 6.45) is 3.85. The minimum Gasteiger partial charge on any atom is -0.310 e. The third kappa shape index (κ3) is 4.58. The number of thiophene rings is 2.